The van der Waals surface area contributed by atoms with Crippen molar-refractivity contribution >= 4 is 28.2 Å². The maximum absolute atomic E-state index is 12.8. The van der Waals surface area contributed by atoms with Crippen LogP contribution in [0, 0.1) is 10.1 Å². The summed E-state index contributed by atoms with van der Waals surface area (Å²) in [7, 11) is 0. The number of nitro groups is 1. The van der Waals surface area contributed by atoms with Gasteiger partial charge in [0.25, 0.3) is 5.69 Å². The van der Waals surface area contributed by atoms with E-state index >= 15 is 0 Å². The molecule has 0 radical (unpaired) electrons. The first-order valence-corrected chi connectivity index (χ1v) is 7.26. The van der Waals surface area contributed by atoms with Crippen LogP contribution in [-0.2, 0) is 0 Å². The molecular formula is C18H11NO6. The Labute approximate surface area is 140 Å². The minimum absolute atomic E-state index is 0.00978. The third-order valence-electron chi connectivity index (χ3n) is 3.73. The van der Waals surface area contributed by atoms with Crippen molar-refractivity contribution in [3.8, 4) is 0 Å². The fourth-order valence-electron chi connectivity index (χ4n) is 2.64. The van der Waals surface area contributed by atoms with Crippen molar-refractivity contribution in [3.63, 3.8) is 0 Å². The van der Waals surface area contributed by atoms with Crippen LogP contribution in [0.1, 0.15) is 33.2 Å². The topological polar surface area (TPSA) is 107 Å². The molecule has 3 aromatic rings. The number of fused-ring (bicyclic) bond motifs is 1. The average molecular weight is 337 g/mol. The summed E-state index contributed by atoms with van der Waals surface area (Å²) in [5.41, 5.74) is -1.30. The fourth-order valence-corrected chi connectivity index (χ4v) is 2.64. The zero-order chi connectivity index (χ0) is 18.1. The molecule has 0 N–H and O–H groups in total. The molecule has 2 aromatic carbocycles. The van der Waals surface area contributed by atoms with Gasteiger partial charge in [0.05, 0.1) is 10.5 Å². The smallest absolute Gasteiger partial charge is 0.336 e. The highest BCUT2D eigenvalue weighted by atomic mass is 16.6. The van der Waals surface area contributed by atoms with Crippen molar-refractivity contribution in [2.45, 2.75) is 6.92 Å². The van der Waals surface area contributed by atoms with Gasteiger partial charge in [-0.2, -0.15) is 0 Å². The van der Waals surface area contributed by atoms with E-state index in [2.05, 4.69) is 0 Å². The van der Waals surface area contributed by atoms with Crippen LogP contribution in [0.15, 0.2) is 57.7 Å². The molecule has 7 heteroatoms. The Morgan fingerprint density at radius 2 is 1.68 bits per heavy atom. The predicted octanol–water partition coefficient (Wildman–Crippen LogP) is 3.13. The Hall–Kier alpha value is -3.61. The van der Waals surface area contributed by atoms with Crippen LogP contribution in [0.5, 0.6) is 0 Å². The van der Waals surface area contributed by atoms with Crippen molar-refractivity contribution in [2.75, 3.05) is 0 Å². The second-order valence-electron chi connectivity index (χ2n) is 5.32. The van der Waals surface area contributed by atoms with Crippen LogP contribution in [0.4, 0.5) is 5.69 Å². The van der Waals surface area contributed by atoms with Gasteiger partial charge in [-0.15, -0.1) is 0 Å². The first-order valence-electron chi connectivity index (χ1n) is 7.26. The molecule has 25 heavy (non-hydrogen) atoms. The molecular weight excluding hydrogens is 326 g/mol. The van der Waals surface area contributed by atoms with Gasteiger partial charge in [0.2, 0.25) is 5.78 Å². The van der Waals surface area contributed by atoms with E-state index in [0.29, 0.717) is 5.39 Å². The molecule has 0 aliphatic rings. The van der Waals surface area contributed by atoms with Gasteiger partial charge in [0.1, 0.15) is 11.1 Å². The third kappa shape index (κ3) is 2.83. The minimum atomic E-state index is -0.689. The van der Waals surface area contributed by atoms with E-state index in [1.807, 2.05) is 0 Å². The van der Waals surface area contributed by atoms with E-state index < -0.39 is 22.1 Å². The third-order valence-corrected chi connectivity index (χ3v) is 3.73. The van der Waals surface area contributed by atoms with E-state index in [1.54, 1.807) is 0 Å². The summed E-state index contributed by atoms with van der Waals surface area (Å²) in [6.07, 6.45) is 0. The molecule has 0 saturated heterocycles. The summed E-state index contributed by atoms with van der Waals surface area (Å²) in [5.74, 6) is -1.17. The lowest BCUT2D eigenvalue weighted by molar-refractivity contribution is -0.385. The van der Waals surface area contributed by atoms with E-state index in [4.69, 9.17) is 4.42 Å². The van der Waals surface area contributed by atoms with E-state index in [9.17, 15) is 24.5 Å². The molecule has 0 bridgehead atoms. The van der Waals surface area contributed by atoms with Gasteiger partial charge in [0.15, 0.2) is 5.78 Å². The van der Waals surface area contributed by atoms with Crippen LogP contribution in [-0.4, -0.2) is 16.5 Å². The first-order chi connectivity index (χ1) is 11.9. The van der Waals surface area contributed by atoms with Gasteiger partial charge in [-0.25, -0.2) is 4.79 Å². The lowest BCUT2D eigenvalue weighted by Gasteiger charge is -2.09. The van der Waals surface area contributed by atoms with Crippen LogP contribution < -0.4 is 5.63 Å². The van der Waals surface area contributed by atoms with Gasteiger partial charge in [-0.05, 0) is 25.1 Å². The van der Waals surface area contributed by atoms with Crippen LogP contribution >= 0.6 is 0 Å². The number of Topliss-reactive ketones (excluding diaryl/α,β-unsaturated/α-hetero) is 1. The Balaban J connectivity index is 2.31. The Morgan fingerprint density at radius 3 is 2.36 bits per heavy atom. The molecule has 0 fully saturated rings. The molecule has 0 atom stereocenters. The van der Waals surface area contributed by atoms with E-state index in [0.717, 1.165) is 0 Å². The minimum Gasteiger partial charge on any atom is -0.422 e. The number of carbonyl (C=O) groups excluding carboxylic acids is 2. The monoisotopic (exact) mass is 337 g/mol. The number of benzene rings is 2. The quantitative estimate of drug-likeness (QED) is 0.313. The van der Waals surface area contributed by atoms with Gasteiger partial charge in [-0.3, -0.25) is 19.7 Å². The molecule has 0 aliphatic carbocycles. The molecule has 124 valence electrons. The molecule has 0 unspecified atom stereocenters. The summed E-state index contributed by atoms with van der Waals surface area (Å²) in [6, 6.07) is 11.1. The number of nitro benzene ring substituents is 1. The molecule has 0 spiro atoms. The number of rotatable bonds is 4. The highest BCUT2D eigenvalue weighted by Crippen LogP contribution is 2.27. The van der Waals surface area contributed by atoms with E-state index in [1.165, 1.54) is 55.5 Å². The summed E-state index contributed by atoms with van der Waals surface area (Å²) in [4.78, 5) is 46.9. The van der Waals surface area contributed by atoms with Gasteiger partial charge in [-0.1, -0.05) is 18.2 Å². The standard InChI is InChI=1S/C18H11NO6/c1-10(20)16-13(8-6-11-7-9-15(21)25-18(11)16)17(22)12-4-2-3-5-14(12)19(23)24/h2-9H,1H3. The molecule has 0 amide bonds. The molecule has 3 rings (SSSR count). The van der Waals surface area contributed by atoms with Crippen molar-refractivity contribution in [1.29, 1.82) is 0 Å². The summed E-state index contributed by atoms with van der Waals surface area (Å²) < 4.78 is 5.10. The molecule has 7 nitrogen and oxygen atoms in total. The van der Waals surface area contributed by atoms with Crippen molar-refractivity contribution in [1.82, 2.24) is 0 Å². The van der Waals surface area contributed by atoms with Crippen LogP contribution in [0.2, 0.25) is 0 Å². The highest BCUT2D eigenvalue weighted by Gasteiger charge is 2.25. The number of nitrogens with zero attached hydrogens (tertiary/aromatic N) is 1. The maximum Gasteiger partial charge on any atom is 0.336 e. The summed E-state index contributed by atoms with van der Waals surface area (Å²) in [6.45, 7) is 1.23. The second-order valence-corrected chi connectivity index (χ2v) is 5.32. The lowest BCUT2D eigenvalue weighted by Crippen LogP contribution is -2.11. The Bertz CT molecular complexity index is 1100. The van der Waals surface area contributed by atoms with Crippen molar-refractivity contribution in [3.05, 3.63) is 85.8 Å². The van der Waals surface area contributed by atoms with Gasteiger partial charge >= 0.3 is 5.63 Å². The van der Waals surface area contributed by atoms with Gasteiger partial charge in [0, 0.05) is 23.1 Å². The zero-order valence-electron chi connectivity index (χ0n) is 13.0. The number of carbonyl (C=O) groups is 2. The maximum atomic E-state index is 12.8. The van der Waals surface area contributed by atoms with Crippen LogP contribution in [0.3, 0.4) is 0 Å². The lowest BCUT2D eigenvalue weighted by atomic mass is 9.94. The van der Waals surface area contributed by atoms with Crippen molar-refractivity contribution in [2.24, 2.45) is 0 Å². The number of hydrogen-bond acceptors (Lipinski definition) is 6. The molecule has 0 saturated carbocycles. The normalized spacial score (nSPS) is 10.6. The number of ketones is 2. The zero-order valence-corrected chi connectivity index (χ0v) is 13.0. The van der Waals surface area contributed by atoms with E-state index in [-0.39, 0.29) is 28.0 Å². The van der Waals surface area contributed by atoms with Crippen LogP contribution in [0.25, 0.3) is 11.0 Å². The number of hydrogen-bond donors (Lipinski definition) is 0. The number of para-hydroxylation sites is 1. The fraction of sp³-hybridized carbons (Fsp3) is 0.0556. The molecule has 1 aromatic heterocycles. The highest BCUT2D eigenvalue weighted by molar-refractivity contribution is 6.20. The molecule has 1 heterocycles. The molecule has 0 aliphatic heterocycles. The summed E-state index contributed by atoms with van der Waals surface area (Å²) >= 11 is 0. The predicted molar refractivity (Wildman–Crippen MR) is 89.0 cm³/mol. The first kappa shape index (κ1) is 16.3. The Kier molecular flexibility index (Phi) is 3.98. The summed E-state index contributed by atoms with van der Waals surface area (Å²) in [5, 5.41) is 11.6. The van der Waals surface area contributed by atoms with Crippen molar-refractivity contribution < 1.29 is 18.9 Å². The largest absolute Gasteiger partial charge is 0.422 e. The Morgan fingerprint density at radius 1 is 1.00 bits per heavy atom. The second kappa shape index (κ2) is 6.12. The average Bonchev–Trinajstić information content (AvgIpc) is 2.59. The van der Waals surface area contributed by atoms with Gasteiger partial charge < -0.3 is 4.42 Å². The SMILES string of the molecule is CC(=O)c1c(C(=O)c2ccccc2[N+](=O)[O-])ccc2ccc(=O)oc12.